The molecule has 4 heteroatoms. The fourth-order valence-corrected chi connectivity index (χ4v) is 2.87. The number of halogens is 1. The lowest BCUT2D eigenvalue weighted by molar-refractivity contribution is 0.0673. The van der Waals surface area contributed by atoms with Gasteiger partial charge in [0.1, 0.15) is 0 Å². The summed E-state index contributed by atoms with van der Waals surface area (Å²) < 4.78 is 0.990. The average Bonchev–Trinajstić information content (AvgIpc) is 2.30. The Morgan fingerprint density at radius 3 is 2.56 bits per heavy atom. The number of rotatable bonds is 1. The van der Waals surface area contributed by atoms with E-state index in [4.69, 9.17) is 0 Å². The molecule has 98 valence electrons. The van der Waals surface area contributed by atoms with Gasteiger partial charge < -0.3 is 10.2 Å². The number of nitrogens with one attached hydrogen (secondary N) is 1. The standard InChI is InChI=1S/C14H19BrN2O/c1-9-7-17(8-10(2)16-9)14(18)12-5-4-6-13(15)11(12)3/h4-6,9-10,16H,7-8H2,1-3H3. The van der Waals surface area contributed by atoms with Crippen LogP contribution in [-0.2, 0) is 0 Å². The van der Waals surface area contributed by atoms with Gasteiger partial charge in [-0.3, -0.25) is 4.79 Å². The van der Waals surface area contributed by atoms with E-state index >= 15 is 0 Å². The molecule has 1 saturated heterocycles. The number of benzene rings is 1. The van der Waals surface area contributed by atoms with Crippen LogP contribution in [0.5, 0.6) is 0 Å². The maximum atomic E-state index is 12.5. The molecule has 1 aliphatic heterocycles. The fourth-order valence-electron chi connectivity index (χ4n) is 2.50. The normalized spacial score (nSPS) is 24.1. The van der Waals surface area contributed by atoms with Gasteiger partial charge in [-0.2, -0.15) is 0 Å². The molecule has 18 heavy (non-hydrogen) atoms. The van der Waals surface area contributed by atoms with Crippen molar-refractivity contribution in [3.8, 4) is 0 Å². The van der Waals surface area contributed by atoms with Gasteiger partial charge in [0.25, 0.3) is 5.91 Å². The molecule has 0 spiro atoms. The maximum absolute atomic E-state index is 12.5. The van der Waals surface area contributed by atoms with Crippen molar-refractivity contribution in [1.29, 1.82) is 0 Å². The van der Waals surface area contributed by atoms with E-state index in [2.05, 4.69) is 35.1 Å². The molecule has 0 aromatic heterocycles. The van der Waals surface area contributed by atoms with E-state index in [1.54, 1.807) is 0 Å². The summed E-state index contributed by atoms with van der Waals surface area (Å²) in [5.74, 6) is 0.133. The monoisotopic (exact) mass is 310 g/mol. The lowest BCUT2D eigenvalue weighted by Crippen LogP contribution is -2.55. The van der Waals surface area contributed by atoms with Crippen LogP contribution in [0.3, 0.4) is 0 Å². The summed E-state index contributed by atoms with van der Waals surface area (Å²) >= 11 is 3.48. The second-order valence-electron chi connectivity index (χ2n) is 5.09. The van der Waals surface area contributed by atoms with Crippen molar-refractivity contribution in [2.75, 3.05) is 13.1 Å². The molecule has 0 aliphatic carbocycles. The molecule has 1 aliphatic rings. The van der Waals surface area contributed by atoms with Crippen molar-refractivity contribution >= 4 is 21.8 Å². The molecule has 1 N–H and O–H groups in total. The van der Waals surface area contributed by atoms with Crippen LogP contribution in [0.15, 0.2) is 22.7 Å². The molecule has 1 heterocycles. The molecule has 1 fully saturated rings. The van der Waals surface area contributed by atoms with Crippen molar-refractivity contribution < 1.29 is 4.79 Å². The minimum atomic E-state index is 0.133. The van der Waals surface area contributed by atoms with Crippen LogP contribution in [0.2, 0.25) is 0 Å². The van der Waals surface area contributed by atoms with Gasteiger partial charge in [0.05, 0.1) is 0 Å². The van der Waals surface area contributed by atoms with E-state index in [1.165, 1.54) is 0 Å². The first-order valence-corrected chi connectivity index (χ1v) is 7.08. The van der Waals surface area contributed by atoms with Gasteiger partial charge in [-0.05, 0) is 38.5 Å². The highest BCUT2D eigenvalue weighted by Gasteiger charge is 2.26. The Morgan fingerprint density at radius 1 is 1.33 bits per heavy atom. The zero-order valence-corrected chi connectivity index (χ0v) is 12.6. The first-order valence-electron chi connectivity index (χ1n) is 6.29. The highest BCUT2D eigenvalue weighted by Crippen LogP contribution is 2.21. The molecule has 1 aromatic carbocycles. The zero-order valence-electron chi connectivity index (χ0n) is 11.0. The number of carbonyl (C=O) groups excluding carboxylic acids is 1. The molecular formula is C14H19BrN2O. The molecular weight excluding hydrogens is 292 g/mol. The average molecular weight is 311 g/mol. The fraction of sp³-hybridized carbons (Fsp3) is 0.500. The first-order chi connectivity index (χ1) is 8.49. The number of hydrogen-bond acceptors (Lipinski definition) is 2. The number of hydrogen-bond donors (Lipinski definition) is 1. The Bertz CT molecular complexity index is 451. The van der Waals surface area contributed by atoms with Gasteiger partial charge in [0, 0.05) is 35.2 Å². The molecule has 2 rings (SSSR count). The molecule has 1 amide bonds. The Kier molecular flexibility index (Phi) is 4.07. The van der Waals surface area contributed by atoms with Gasteiger partial charge in [0.15, 0.2) is 0 Å². The van der Waals surface area contributed by atoms with E-state index in [-0.39, 0.29) is 5.91 Å². The van der Waals surface area contributed by atoms with Crippen LogP contribution in [0.25, 0.3) is 0 Å². The van der Waals surface area contributed by atoms with Crippen LogP contribution >= 0.6 is 15.9 Å². The van der Waals surface area contributed by atoms with Crippen molar-refractivity contribution in [2.45, 2.75) is 32.9 Å². The minimum absolute atomic E-state index is 0.133. The van der Waals surface area contributed by atoms with Crippen LogP contribution in [0.1, 0.15) is 29.8 Å². The first kappa shape index (κ1) is 13.6. The van der Waals surface area contributed by atoms with Crippen LogP contribution in [0.4, 0.5) is 0 Å². The summed E-state index contributed by atoms with van der Waals surface area (Å²) in [7, 11) is 0. The van der Waals surface area contributed by atoms with Gasteiger partial charge >= 0.3 is 0 Å². The molecule has 1 aromatic rings. The zero-order chi connectivity index (χ0) is 13.3. The van der Waals surface area contributed by atoms with E-state index in [0.29, 0.717) is 12.1 Å². The number of amides is 1. The van der Waals surface area contributed by atoms with Gasteiger partial charge in [0.2, 0.25) is 0 Å². The van der Waals surface area contributed by atoms with Gasteiger partial charge in [-0.1, -0.05) is 22.0 Å². The van der Waals surface area contributed by atoms with Crippen LogP contribution in [0, 0.1) is 6.92 Å². The number of carbonyl (C=O) groups is 1. The van der Waals surface area contributed by atoms with E-state index < -0.39 is 0 Å². The number of piperazine rings is 1. The van der Waals surface area contributed by atoms with Gasteiger partial charge in [-0.25, -0.2) is 0 Å². The molecule has 2 atom stereocenters. The Balaban J connectivity index is 2.23. The van der Waals surface area contributed by atoms with Crippen molar-refractivity contribution in [2.24, 2.45) is 0 Å². The summed E-state index contributed by atoms with van der Waals surface area (Å²) in [5.41, 5.74) is 1.81. The minimum Gasteiger partial charge on any atom is -0.336 e. The Hall–Kier alpha value is -0.870. The predicted octanol–water partition coefficient (Wildman–Crippen LogP) is 2.58. The van der Waals surface area contributed by atoms with Crippen LogP contribution < -0.4 is 5.32 Å². The Morgan fingerprint density at radius 2 is 1.94 bits per heavy atom. The van der Waals surface area contributed by atoms with E-state index in [9.17, 15) is 4.79 Å². The second-order valence-corrected chi connectivity index (χ2v) is 5.95. The molecule has 0 saturated carbocycles. The van der Waals surface area contributed by atoms with Crippen molar-refractivity contribution in [3.63, 3.8) is 0 Å². The van der Waals surface area contributed by atoms with Crippen molar-refractivity contribution in [1.82, 2.24) is 10.2 Å². The smallest absolute Gasteiger partial charge is 0.254 e. The molecule has 2 unspecified atom stereocenters. The third-order valence-electron chi connectivity index (χ3n) is 3.34. The summed E-state index contributed by atoms with van der Waals surface area (Å²) in [4.78, 5) is 14.5. The molecule has 0 bridgehead atoms. The highest BCUT2D eigenvalue weighted by molar-refractivity contribution is 9.10. The quantitative estimate of drug-likeness (QED) is 0.864. The topological polar surface area (TPSA) is 32.3 Å². The van der Waals surface area contributed by atoms with E-state index in [1.807, 2.05) is 30.0 Å². The molecule has 0 radical (unpaired) electrons. The SMILES string of the molecule is Cc1c(Br)cccc1C(=O)N1CC(C)NC(C)C1. The lowest BCUT2D eigenvalue weighted by Gasteiger charge is -2.36. The molecule has 3 nitrogen and oxygen atoms in total. The van der Waals surface area contributed by atoms with E-state index in [0.717, 1.165) is 28.7 Å². The summed E-state index contributed by atoms with van der Waals surface area (Å²) in [6, 6.07) is 6.49. The third kappa shape index (κ3) is 2.75. The summed E-state index contributed by atoms with van der Waals surface area (Å²) in [5, 5.41) is 3.44. The third-order valence-corrected chi connectivity index (χ3v) is 4.20. The lowest BCUT2D eigenvalue weighted by atomic mass is 10.1. The second kappa shape index (κ2) is 5.41. The summed E-state index contributed by atoms with van der Waals surface area (Å²) in [6.45, 7) is 7.75. The van der Waals surface area contributed by atoms with Crippen LogP contribution in [-0.4, -0.2) is 36.0 Å². The van der Waals surface area contributed by atoms with Crippen molar-refractivity contribution in [3.05, 3.63) is 33.8 Å². The number of nitrogens with zero attached hydrogens (tertiary/aromatic N) is 1. The Labute approximate surface area is 117 Å². The largest absolute Gasteiger partial charge is 0.336 e. The van der Waals surface area contributed by atoms with Gasteiger partial charge in [-0.15, -0.1) is 0 Å². The summed E-state index contributed by atoms with van der Waals surface area (Å²) in [6.07, 6.45) is 0. The highest BCUT2D eigenvalue weighted by atomic mass is 79.9. The maximum Gasteiger partial charge on any atom is 0.254 e. The predicted molar refractivity (Wildman–Crippen MR) is 76.8 cm³/mol.